The molecule has 1 rings (SSSR count). The molecule has 2 atom stereocenters. The van der Waals surface area contributed by atoms with Crippen LogP contribution in [0, 0.1) is 0 Å². The number of nitrogens with one attached hydrogen (secondary N) is 1. The lowest BCUT2D eigenvalue weighted by molar-refractivity contribution is -0.148. The van der Waals surface area contributed by atoms with E-state index in [0.717, 1.165) is 0 Å². The first-order chi connectivity index (χ1) is 10.8. The van der Waals surface area contributed by atoms with Gasteiger partial charge in [-0.1, -0.05) is 6.92 Å². The average molecular weight is 329 g/mol. The molecule has 5 N–H and O–H groups in total. The van der Waals surface area contributed by atoms with Gasteiger partial charge in [-0.15, -0.1) is 0 Å². The molecule has 9 nitrogen and oxygen atoms in total. The fourth-order valence-electron chi connectivity index (χ4n) is 2.93. The second-order valence-corrected chi connectivity index (χ2v) is 5.53. The van der Waals surface area contributed by atoms with Crippen molar-refractivity contribution in [3.8, 4) is 0 Å². The molecule has 0 aromatic heterocycles. The number of hydrogen-bond donors (Lipinski definition) is 4. The summed E-state index contributed by atoms with van der Waals surface area (Å²) in [6, 6.07) is -1.31. The molecular formula is C14H23N3O6. The van der Waals surface area contributed by atoms with Crippen LogP contribution < -0.4 is 11.1 Å². The first-order valence-electron chi connectivity index (χ1n) is 7.54. The van der Waals surface area contributed by atoms with Crippen LogP contribution in [0.1, 0.15) is 39.0 Å². The van der Waals surface area contributed by atoms with Crippen LogP contribution in [0.4, 0.5) is 0 Å². The molecular weight excluding hydrogens is 306 g/mol. The van der Waals surface area contributed by atoms with E-state index in [1.807, 2.05) is 0 Å². The third kappa shape index (κ3) is 4.19. The van der Waals surface area contributed by atoms with Crippen LogP contribution in [-0.4, -0.2) is 63.5 Å². The molecule has 1 fully saturated rings. The summed E-state index contributed by atoms with van der Waals surface area (Å²) in [6.45, 7) is 1.91. The predicted octanol–water partition coefficient (Wildman–Crippen LogP) is -0.849. The Bertz CT molecular complexity index is 495. The normalized spacial score (nSPS) is 21.7. The Labute approximate surface area is 133 Å². The number of likely N-dealkylation sites (tertiary alicyclic amines) is 1. The lowest BCUT2D eigenvalue weighted by Crippen LogP contribution is -2.60. The van der Waals surface area contributed by atoms with Crippen molar-refractivity contribution in [2.45, 2.75) is 50.6 Å². The predicted molar refractivity (Wildman–Crippen MR) is 79.5 cm³/mol. The van der Waals surface area contributed by atoms with Gasteiger partial charge in [0.05, 0.1) is 6.54 Å². The van der Waals surface area contributed by atoms with Crippen molar-refractivity contribution in [1.82, 2.24) is 10.2 Å². The van der Waals surface area contributed by atoms with Crippen LogP contribution >= 0.6 is 0 Å². The Kier molecular flexibility index (Phi) is 6.49. The lowest BCUT2D eigenvalue weighted by atomic mass is 9.90. The molecule has 0 unspecified atom stereocenters. The van der Waals surface area contributed by atoms with Crippen LogP contribution in [0.2, 0.25) is 0 Å². The molecule has 2 amide bonds. The van der Waals surface area contributed by atoms with Crippen molar-refractivity contribution in [3.05, 3.63) is 0 Å². The molecule has 0 radical (unpaired) electrons. The highest BCUT2D eigenvalue weighted by atomic mass is 16.4. The molecule has 1 aliphatic rings. The van der Waals surface area contributed by atoms with Crippen LogP contribution in [0.3, 0.4) is 0 Å². The highest BCUT2D eigenvalue weighted by molar-refractivity contribution is 5.94. The van der Waals surface area contributed by atoms with Gasteiger partial charge < -0.3 is 26.2 Å². The number of carbonyl (C=O) groups is 4. The summed E-state index contributed by atoms with van der Waals surface area (Å²) in [5.74, 6) is -3.38. The van der Waals surface area contributed by atoms with Gasteiger partial charge in [0.25, 0.3) is 0 Å². The largest absolute Gasteiger partial charge is 0.481 e. The van der Waals surface area contributed by atoms with Gasteiger partial charge in [0.2, 0.25) is 11.8 Å². The topological polar surface area (TPSA) is 150 Å². The Balaban J connectivity index is 2.91. The zero-order chi connectivity index (χ0) is 17.6. The zero-order valence-electron chi connectivity index (χ0n) is 13.1. The minimum absolute atomic E-state index is 0.221. The molecule has 0 aromatic carbocycles. The zero-order valence-corrected chi connectivity index (χ0v) is 13.1. The molecule has 1 aliphatic heterocycles. The maximum absolute atomic E-state index is 12.6. The summed E-state index contributed by atoms with van der Waals surface area (Å²) >= 11 is 0. The van der Waals surface area contributed by atoms with Crippen molar-refractivity contribution in [3.63, 3.8) is 0 Å². The number of nitrogens with two attached hydrogens (primary N) is 1. The summed E-state index contributed by atoms with van der Waals surface area (Å²) < 4.78 is 0. The number of amides is 2. The van der Waals surface area contributed by atoms with Gasteiger partial charge in [-0.2, -0.15) is 0 Å². The standard InChI is InChI=1S/C14H23N3O6/c1-2-14(6-3-7-17(14)10(18)8-15)13(23)16-9(12(21)22)4-5-11(19)20/h9H,2-8,15H2,1H3,(H,16,23)(H,19,20)(H,21,22)/t9-,14-/m0/s1. The smallest absolute Gasteiger partial charge is 0.326 e. The van der Waals surface area contributed by atoms with Crippen molar-refractivity contribution in [1.29, 1.82) is 0 Å². The van der Waals surface area contributed by atoms with Crippen molar-refractivity contribution in [2.75, 3.05) is 13.1 Å². The van der Waals surface area contributed by atoms with Gasteiger partial charge in [0.15, 0.2) is 0 Å². The average Bonchev–Trinajstić information content (AvgIpc) is 2.95. The van der Waals surface area contributed by atoms with Crippen molar-refractivity contribution < 1.29 is 29.4 Å². The number of aliphatic carboxylic acids is 2. The van der Waals surface area contributed by atoms with Crippen LogP contribution in [-0.2, 0) is 19.2 Å². The maximum Gasteiger partial charge on any atom is 0.326 e. The van der Waals surface area contributed by atoms with E-state index in [4.69, 9.17) is 15.9 Å². The summed E-state index contributed by atoms with van der Waals surface area (Å²) in [5, 5.41) is 20.2. The molecule has 0 saturated carbocycles. The van der Waals surface area contributed by atoms with E-state index in [9.17, 15) is 19.2 Å². The minimum atomic E-state index is -1.31. The number of rotatable bonds is 8. The van der Waals surface area contributed by atoms with Gasteiger partial charge in [-0.3, -0.25) is 14.4 Å². The minimum Gasteiger partial charge on any atom is -0.481 e. The Hall–Kier alpha value is -2.16. The maximum atomic E-state index is 12.6. The number of carbonyl (C=O) groups excluding carboxylic acids is 2. The quantitative estimate of drug-likeness (QED) is 0.453. The molecule has 1 saturated heterocycles. The molecule has 0 aliphatic carbocycles. The van der Waals surface area contributed by atoms with Gasteiger partial charge in [-0.25, -0.2) is 4.79 Å². The summed E-state index contributed by atoms with van der Waals surface area (Å²) in [4.78, 5) is 47.8. The van der Waals surface area contributed by atoms with E-state index in [0.29, 0.717) is 25.8 Å². The molecule has 0 aromatic rings. The number of carboxylic acids is 2. The van der Waals surface area contributed by atoms with Gasteiger partial charge in [-0.05, 0) is 25.7 Å². The van der Waals surface area contributed by atoms with E-state index in [2.05, 4.69) is 5.32 Å². The first kappa shape index (κ1) is 18.9. The Morgan fingerprint density at radius 1 is 1.30 bits per heavy atom. The third-order valence-corrected chi connectivity index (χ3v) is 4.22. The summed E-state index contributed by atoms with van der Waals surface area (Å²) in [6.07, 6.45) is 0.783. The van der Waals surface area contributed by atoms with Gasteiger partial charge in [0.1, 0.15) is 11.6 Å². The molecule has 130 valence electrons. The summed E-state index contributed by atoms with van der Waals surface area (Å²) in [5.41, 5.74) is 4.26. The second kappa shape index (κ2) is 7.91. The van der Waals surface area contributed by atoms with Crippen molar-refractivity contribution in [2.24, 2.45) is 5.73 Å². The third-order valence-electron chi connectivity index (χ3n) is 4.22. The van der Waals surface area contributed by atoms with E-state index < -0.39 is 29.4 Å². The second-order valence-electron chi connectivity index (χ2n) is 5.53. The van der Waals surface area contributed by atoms with Crippen molar-refractivity contribution >= 4 is 23.8 Å². The van der Waals surface area contributed by atoms with E-state index in [1.165, 1.54) is 4.90 Å². The van der Waals surface area contributed by atoms with Crippen LogP contribution in [0.25, 0.3) is 0 Å². The number of carboxylic acid groups (broad SMARTS) is 2. The number of hydrogen-bond acceptors (Lipinski definition) is 5. The first-order valence-corrected chi connectivity index (χ1v) is 7.54. The van der Waals surface area contributed by atoms with Gasteiger partial charge >= 0.3 is 11.9 Å². The SMILES string of the molecule is CC[C@@]1(C(=O)N[C@@H](CCC(=O)O)C(=O)O)CCCN1C(=O)CN. The van der Waals surface area contributed by atoms with Crippen LogP contribution in [0.5, 0.6) is 0 Å². The Morgan fingerprint density at radius 3 is 2.43 bits per heavy atom. The van der Waals surface area contributed by atoms with Crippen LogP contribution in [0.15, 0.2) is 0 Å². The summed E-state index contributed by atoms with van der Waals surface area (Å²) in [7, 11) is 0. The molecule has 9 heteroatoms. The highest BCUT2D eigenvalue weighted by Crippen LogP contribution is 2.33. The van der Waals surface area contributed by atoms with E-state index >= 15 is 0 Å². The highest BCUT2D eigenvalue weighted by Gasteiger charge is 2.48. The van der Waals surface area contributed by atoms with E-state index in [-0.39, 0.29) is 25.3 Å². The molecule has 0 bridgehead atoms. The monoisotopic (exact) mass is 329 g/mol. The Morgan fingerprint density at radius 2 is 1.96 bits per heavy atom. The van der Waals surface area contributed by atoms with Gasteiger partial charge in [0, 0.05) is 13.0 Å². The lowest BCUT2D eigenvalue weighted by Gasteiger charge is -2.37. The number of nitrogens with zero attached hydrogens (tertiary/aromatic N) is 1. The molecule has 1 heterocycles. The fourth-order valence-corrected chi connectivity index (χ4v) is 2.93. The molecule has 0 spiro atoms. The van der Waals surface area contributed by atoms with E-state index in [1.54, 1.807) is 6.92 Å². The fraction of sp³-hybridized carbons (Fsp3) is 0.714. The molecule has 23 heavy (non-hydrogen) atoms.